The normalized spacial score (nSPS) is 13.5. The highest BCUT2D eigenvalue weighted by Gasteiger charge is 2.28. The number of hydrazine groups is 1. The van der Waals surface area contributed by atoms with E-state index in [1.54, 1.807) is 29.9 Å². The Morgan fingerprint density at radius 1 is 1.09 bits per heavy atom. The van der Waals surface area contributed by atoms with Crippen LogP contribution in [-0.2, 0) is 6.54 Å². The van der Waals surface area contributed by atoms with Crippen molar-refractivity contribution in [3.8, 4) is 28.1 Å². The van der Waals surface area contributed by atoms with E-state index >= 15 is 0 Å². The SMILES string of the molecule is [C-]#[N+]NC(=NC)NCc1c(C(=O)NN2CCCCC2)nn(-c2ccc(Cl)cc2Cl)c1-c1ccc(C#Cc2ccc(C)cc2)s1. The van der Waals surface area contributed by atoms with Gasteiger partial charge < -0.3 is 5.32 Å². The maximum Gasteiger partial charge on any atom is 0.286 e. The lowest BCUT2D eigenvalue weighted by Gasteiger charge is -2.26. The van der Waals surface area contributed by atoms with Crippen molar-refractivity contribution in [2.75, 3.05) is 20.1 Å². The number of aryl methyl sites for hydroxylation is 1. The van der Waals surface area contributed by atoms with E-state index < -0.39 is 0 Å². The molecule has 2 aromatic carbocycles. The summed E-state index contributed by atoms with van der Waals surface area (Å²) < 4.78 is 1.68. The first-order valence-corrected chi connectivity index (χ1v) is 15.6. The van der Waals surface area contributed by atoms with Crippen LogP contribution in [0, 0.1) is 25.3 Å². The Morgan fingerprint density at radius 3 is 2.57 bits per heavy atom. The van der Waals surface area contributed by atoms with Gasteiger partial charge >= 0.3 is 0 Å². The van der Waals surface area contributed by atoms with Crippen molar-refractivity contribution in [3.63, 3.8) is 0 Å². The van der Waals surface area contributed by atoms with Crippen LogP contribution in [0.2, 0.25) is 10.0 Å². The van der Waals surface area contributed by atoms with Gasteiger partial charge in [-0.1, -0.05) is 64.6 Å². The standard InChI is InChI=1S/C32H30Cl2N8OS/c1-21-7-9-22(10-8-21)11-13-24-14-16-28(44-24)30-25(20-37-32(35-2)38-36-3)29(31(43)40-41-17-5-4-6-18-41)39-42(30)27-15-12-23(33)19-26(27)34/h7-10,12,14-16,19H,4-6,17-18,20H2,1-2H3,(H,40,43)(H2,35,37,38). The molecule has 4 aromatic rings. The highest BCUT2D eigenvalue weighted by molar-refractivity contribution is 7.16. The number of thiophene rings is 1. The smallest absolute Gasteiger partial charge is 0.286 e. The topological polar surface area (TPSA) is 90.9 Å². The van der Waals surface area contributed by atoms with E-state index in [0.717, 1.165) is 47.7 Å². The van der Waals surface area contributed by atoms with Gasteiger partial charge in [-0.05, 0) is 62.2 Å². The summed E-state index contributed by atoms with van der Waals surface area (Å²) in [6.07, 6.45) is 3.15. The number of rotatable bonds is 6. The molecule has 1 aliphatic rings. The zero-order valence-electron chi connectivity index (χ0n) is 24.2. The molecule has 0 saturated carbocycles. The molecule has 1 aliphatic heterocycles. The highest BCUT2D eigenvalue weighted by Crippen LogP contribution is 2.36. The van der Waals surface area contributed by atoms with E-state index in [1.165, 1.54) is 16.9 Å². The molecule has 0 bridgehead atoms. The number of guanidine groups is 1. The number of hydrogen-bond donors (Lipinski definition) is 3. The lowest BCUT2D eigenvalue weighted by atomic mass is 10.1. The maximum atomic E-state index is 13.8. The number of nitrogens with zero attached hydrogens (tertiary/aromatic N) is 5. The van der Waals surface area contributed by atoms with Gasteiger partial charge in [0.1, 0.15) is 0 Å². The largest absolute Gasteiger partial charge is 0.347 e. The minimum atomic E-state index is -0.335. The van der Waals surface area contributed by atoms with Gasteiger partial charge in [-0.25, -0.2) is 9.69 Å². The summed E-state index contributed by atoms with van der Waals surface area (Å²) >= 11 is 14.4. The molecule has 1 amide bonds. The third kappa shape index (κ3) is 7.42. The summed E-state index contributed by atoms with van der Waals surface area (Å²) in [6.45, 7) is 10.9. The van der Waals surface area contributed by atoms with Gasteiger partial charge in [0, 0.05) is 42.8 Å². The van der Waals surface area contributed by atoms with Crippen LogP contribution in [0.15, 0.2) is 59.6 Å². The van der Waals surface area contributed by atoms with Crippen LogP contribution in [0.1, 0.15) is 51.3 Å². The Labute approximate surface area is 270 Å². The van der Waals surface area contributed by atoms with Gasteiger partial charge in [-0.3, -0.25) is 15.2 Å². The molecule has 0 unspecified atom stereocenters. The minimum absolute atomic E-state index is 0.154. The minimum Gasteiger partial charge on any atom is -0.347 e. The number of carbonyl (C=O) groups is 1. The second-order valence-corrected chi connectivity index (χ2v) is 12.0. The molecule has 44 heavy (non-hydrogen) atoms. The molecular weight excluding hydrogens is 615 g/mol. The van der Waals surface area contributed by atoms with Gasteiger partial charge in [0.25, 0.3) is 11.9 Å². The van der Waals surface area contributed by atoms with Crippen LogP contribution < -0.4 is 16.2 Å². The molecule has 1 saturated heterocycles. The maximum absolute atomic E-state index is 13.8. The number of benzene rings is 2. The van der Waals surface area contributed by atoms with E-state index in [-0.39, 0.29) is 24.1 Å². The summed E-state index contributed by atoms with van der Waals surface area (Å²) in [5, 5.41) is 10.8. The van der Waals surface area contributed by atoms with Crippen LogP contribution >= 0.6 is 34.5 Å². The van der Waals surface area contributed by atoms with Crippen molar-refractivity contribution in [1.29, 1.82) is 0 Å². The third-order valence-corrected chi connectivity index (χ3v) is 8.54. The first-order valence-electron chi connectivity index (χ1n) is 14.0. The number of aromatic nitrogens is 2. The van der Waals surface area contributed by atoms with Crippen molar-refractivity contribution in [3.05, 3.63) is 103 Å². The molecule has 5 rings (SSSR count). The molecule has 3 heterocycles. The van der Waals surface area contributed by atoms with Crippen molar-refractivity contribution in [1.82, 2.24) is 31.0 Å². The number of hydrogen-bond acceptors (Lipinski definition) is 5. The quantitative estimate of drug-likeness (QED) is 0.0759. The number of nitrogens with one attached hydrogen (secondary N) is 3. The van der Waals surface area contributed by atoms with Gasteiger partial charge in [-0.15, -0.1) is 11.3 Å². The Morgan fingerprint density at radius 2 is 1.86 bits per heavy atom. The molecule has 224 valence electrons. The monoisotopic (exact) mass is 644 g/mol. The van der Waals surface area contributed by atoms with Crippen molar-refractivity contribution in [2.45, 2.75) is 32.7 Å². The number of carbonyl (C=O) groups excluding carboxylic acids is 1. The Balaban J connectivity index is 1.63. The number of halogens is 2. The average Bonchev–Trinajstić information content (AvgIpc) is 3.64. The molecule has 2 aromatic heterocycles. The lowest BCUT2D eigenvalue weighted by Crippen LogP contribution is -2.45. The van der Waals surface area contributed by atoms with Gasteiger partial charge in [0.2, 0.25) is 0 Å². The van der Waals surface area contributed by atoms with E-state index in [9.17, 15) is 4.79 Å². The summed E-state index contributed by atoms with van der Waals surface area (Å²) in [7, 11) is 1.57. The Kier molecular flexibility index (Phi) is 10.2. The summed E-state index contributed by atoms with van der Waals surface area (Å²) in [4.78, 5) is 22.8. The number of amides is 1. The third-order valence-electron chi connectivity index (χ3n) is 6.99. The van der Waals surface area contributed by atoms with Crippen LogP contribution in [0.4, 0.5) is 0 Å². The van der Waals surface area contributed by atoms with Gasteiger partial charge in [0.05, 0.1) is 26.2 Å². The van der Waals surface area contributed by atoms with Gasteiger partial charge in [-0.2, -0.15) is 16.6 Å². The Bertz CT molecular complexity index is 1790. The molecule has 9 nitrogen and oxygen atoms in total. The van der Waals surface area contributed by atoms with Crippen molar-refractivity contribution in [2.24, 2.45) is 4.99 Å². The van der Waals surface area contributed by atoms with Crippen LogP contribution in [0.25, 0.3) is 21.2 Å². The predicted molar refractivity (Wildman–Crippen MR) is 177 cm³/mol. The number of aliphatic imine (C=N–C) groups is 1. The predicted octanol–water partition coefficient (Wildman–Crippen LogP) is 6.25. The second-order valence-electron chi connectivity index (χ2n) is 10.1. The second kappa shape index (κ2) is 14.4. The lowest BCUT2D eigenvalue weighted by molar-refractivity contribution is 0.0743. The fourth-order valence-corrected chi connectivity index (χ4v) is 6.19. The zero-order valence-corrected chi connectivity index (χ0v) is 26.6. The highest BCUT2D eigenvalue weighted by atomic mass is 35.5. The van der Waals surface area contributed by atoms with Crippen LogP contribution in [-0.4, -0.2) is 46.8 Å². The molecule has 0 radical (unpaired) electrons. The van der Waals surface area contributed by atoms with E-state index in [2.05, 4.69) is 38.0 Å². The molecule has 3 N–H and O–H groups in total. The fraction of sp³-hybridized carbons (Fsp3) is 0.250. The van der Waals surface area contributed by atoms with Crippen LogP contribution in [0.3, 0.4) is 0 Å². The summed E-state index contributed by atoms with van der Waals surface area (Å²) in [5.74, 6) is 6.42. The first kappa shape index (κ1) is 31.1. The first-order chi connectivity index (χ1) is 21.4. The van der Waals surface area contributed by atoms with E-state index in [0.29, 0.717) is 27.0 Å². The van der Waals surface area contributed by atoms with E-state index in [4.69, 9.17) is 34.9 Å². The number of piperidine rings is 1. The molecule has 1 fully saturated rings. The van der Waals surface area contributed by atoms with Gasteiger partial charge in [0.15, 0.2) is 5.69 Å². The molecule has 0 aliphatic carbocycles. The van der Waals surface area contributed by atoms with Crippen molar-refractivity contribution >= 4 is 46.4 Å². The molecular formula is C32H30Cl2N8OS. The molecule has 12 heteroatoms. The summed E-state index contributed by atoms with van der Waals surface area (Å²) in [5.41, 5.74) is 9.71. The Hall–Kier alpha value is -4.32. The molecule has 0 spiro atoms. The average molecular weight is 646 g/mol. The van der Waals surface area contributed by atoms with Crippen LogP contribution in [0.5, 0.6) is 0 Å². The summed E-state index contributed by atoms with van der Waals surface area (Å²) in [6, 6.07) is 17.1. The zero-order chi connectivity index (χ0) is 31.1. The van der Waals surface area contributed by atoms with E-state index in [1.807, 2.05) is 48.3 Å². The molecule has 0 atom stereocenters. The van der Waals surface area contributed by atoms with Crippen molar-refractivity contribution < 1.29 is 4.79 Å². The fourth-order valence-electron chi connectivity index (χ4n) is 4.78.